The van der Waals surface area contributed by atoms with Crippen molar-refractivity contribution in [3.63, 3.8) is 0 Å². The van der Waals surface area contributed by atoms with Crippen LogP contribution in [0.3, 0.4) is 0 Å². The van der Waals surface area contributed by atoms with Crippen LogP contribution in [0.5, 0.6) is 0 Å². The van der Waals surface area contributed by atoms with Gasteiger partial charge in [0.1, 0.15) is 0 Å². The molecule has 1 N–H and O–H groups in total. The van der Waals surface area contributed by atoms with Gasteiger partial charge in [-0.3, -0.25) is 4.79 Å². The number of ether oxygens (including phenoxy) is 3. The van der Waals surface area contributed by atoms with Gasteiger partial charge in [0.15, 0.2) is 6.29 Å². The van der Waals surface area contributed by atoms with E-state index in [0.29, 0.717) is 29.9 Å². The van der Waals surface area contributed by atoms with Crippen molar-refractivity contribution in [1.29, 1.82) is 0 Å². The summed E-state index contributed by atoms with van der Waals surface area (Å²) in [6.45, 7) is 4.81. The highest BCUT2D eigenvalue weighted by atomic mass is 16.7. The molecular weight excluding hydrogens is 416 g/mol. The van der Waals surface area contributed by atoms with Crippen LogP contribution >= 0.6 is 0 Å². The lowest BCUT2D eigenvalue weighted by atomic mass is 9.86. The van der Waals surface area contributed by atoms with E-state index >= 15 is 0 Å². The summed E-state index contributed by atoms with van der Waals surface area (Å²) in [5.74, 6) is 7.73. The van der Waals surface area contributed by atoms with E-state index in [1.54, 1.807) is 0 Å². The third kappa shape index (κ3) is 7.62. The molecule has 0 bridgehead atoms. The molecule has 1 heterocycles. The van der Waals surface area contributed by atoms with Crippen LogP contribution in [-0.2, 0) is 19.0 Å². The molecule has 6 atom stereocenters. The quantitative estimate of drug-likeness (QED) is 0.133. The molecule has 3 aliphatic rings. The second-order valence-corrected chi connectivity index (χ2v) is 9.97. The van der Waals surface area contributed by atoms with Crippen molar-refractivity contribution < 1.29 is 24.1 Å². The molecule has 5 heteroatoms. The molecule has 0 spiro atoms. The van der Waals surface area contributed by atoms with Crippen molar-refractivity contribution in [1.82, 2.24) is 0 Å². The Bertz CT molecular complexity index is 752. The predicted octanol–water partition coefficient (Wildman–Crippen LogP) is 6.10. The first-order valence-corrected chi connectivity index (χ1v) is 12.8. The minimum absolute atomic E-state index is 0.00205. The average molecular weight is 459 g/mol. The van der Waals surface area contributed by atoms with Gasteiger partial charge in [-0.15, -0.1) is 11.8 Å². The zero-order valence-electron chi connectivity index (χ0n) is 20.7. The van der Waals surface area contributed by atoms with Crippen LogP contribution in [0.4, 0.5) is 0 Å². The molecule has 2 unspecified atom stereocenters. The first kappa shape index (κ1) is 25.8. The van der Waals surface area contributed by atoms with E-state index in [1.165, 1.54) is 12.7 Å². The summed E-state index contributed by atoms with van der Waals surface area (Å²) in [7, 11) is 1.44. The Morgan fingerprint density at radius 1 is 1.36 bits per heavy atom. The number of allylic oxidation sites excluding steroid dienone is 3. The van der Waals surface area contributed by atoms with E-state index < -0.39 is 0 Å². The van der Waals surface area contributed by atoms with Crippen LogP contribution in [0.25, 0.3) is 0 Å². The minimum atomic E-state index is -0.140. The first-order valence-electron chi connectivity index (χ1n) is 12.8. The van der Waals surface area contributed by atoms with Gasteiger partial charge in [-0.25, -0.2) is 0 Å². The summed E-state index contributed by atoms with van der Waals surface area (Å²) < 4.78 is 17.0. The summed E-state index contributed by atoms with van der Waals surface area (Å²) >= 11 is 0. The maximum atomic E-state index is 11.4. The van der Waals surface area contributed by atoms with Crippen LogP contribution in [0.1, 0.15) is 84.5 Å². The van der Waals surface area contributed by atoms with Gasteiger partial charge in [0.25, 0.3) is 0 Å². The number of esters is 1. The number of hydrogen-bond donors (Lipinski definition) is 1. The fourth-order valence-electron chi connectivity index (χ4n) is 5.57. The molecule has 0 aromatic heterocycles. The Balaban J connectivity index is 1.62. The summed E-state index contributed by atoms with van der Waals surface area (Å²) in [5.41, 5.74) is 1.46. The third-order valence-corrected chi connectivity index (χ3v) is 7.38. The van der Waals surface area contributed by atoms with Crippen LogP contribution in [0.2, 0.25) is 0 Å². The molecule has 0 radical (unpaired) electrons. The largest absolute Gasteiger partial charge is 0.512 e. The van der Waals surface area contributed by atoms with Crippen LogP contribution in [-0.4, -0.2) is 37.2 Å². The molecule has 5 nitrogen and oxygen atoms in total. The van der Waals surface area contributed by atoms with Gasteiger partial charge in [-0.05, 0) is 88.5 Å². The van der Waals surface area contributed by atoms with Crippen molar-refractivity contribution in [3.05, 3.63) is 23.5 Å². The van der Waals surface area contributed by atoms with E-state index in [-0.39, 0.29) is 24.3 Å². The van der Waals surface area contributed by atoms with E-state index in [0.717, 1.165) is 70.8 Å². The van der Waals surface area contributed by atoms with Crippen molar-refractivity contribution in [2.24, 2.45) is 23.7 Å². The summed E-state index contributed by atoms with van der Waals surface area (Å²) in [6, 6.07) is 0. The molecule has 2 fully saturated rings. The van der Waals surface area contributed by atoms with Gasteiger partial charge >= 0.3 is 5.97 Å². The molecule has 0 aromatic rings. The molecule has 2 aliphatic carbocycles. The predicted molar refractivity (Wildman–Crippen MR) is 129 cm³/mol. The summed E-state index contributed by atoms with van der Waals surface area (Å²) in [6.07, 6.45) is 14.5. The lowest BCUT2D eigenvalue weighted by Crippen LogP contribution is -2.32. The van der Waals surface area contributed by atoms with Gasteiger partial charge < -0.3 is 19.3 Å². The molecular formula is C28H42O5. The lowest BCUT2D eigenvalue weighted by Gasteiger charge is -2.30. The zero-order chi connectivity index (χ0) is 23.6. The van der Waals surface area contributed by atoms with Crippen molar-refractivity contribution in [2.75, 3.05) is 13.7 Å². The van der Waals surface area contributed by atoms with Crippen molar-refractivity contribution in [3.8, 4) is 11.8 Å². The second-order valence-electron chi connectivity index (χ2n) is 9.97. The Hall–Kier alpha value is -1.77. The van der Waals surface area contributed by atoms with Gasteiger partial charge in [-0.2, -0.15) is 0 Å². The normalized spacial score (nSPS) is 30.2. The monoisotopic (exact) mass is 458 g/mol. The number of aliphatic hydroxyl groups is 1. The summed E-state index contributed by atoms with van der Waals surface area (Å²) in [5, 5.41) is 11.2. The number of carbonyl (C=O) groups excluding carboxylic acids is 1. The number of unbranched alkanes of at least 4 members (excludes halogenated alkanes) is 1. The molecule has 33 heavy (non-hydrogen) atoms. The Morgan fingerprint density at radius 3 is 2.94 bits per heavy atom. The summed E-state index contributed by atoms with van der Waals surface area (Å²) in [4.78, 5) is 11.4. The number of fused-ring (bicyclic) bond motifs is 1. The molecule has 1 saturated carbocycles. The average Bonchev–Trinajstić information content (AvgIpc) is 3.36. The number of aliphatic hydroxyl groups excluding tert-OH is 1. The maximum Gasteiger partial charge on any atom is 0.305 e. The molecule has 1 saturated heterocycles. The minimum Gasteiger partial charge on any atom is -0.512 e. The fraction of sp³-hybridized carbons (Fsp3) is 0.750. The van der Waals surface area contributed by atoms with Crippen molar-refractivity contribution >= 4 is 5.97 Å². The van der Waals surface area contributed by atoms with Gasteiger partial charge in [0, 0.05) is 25.4 Å². The topological polar surface area (TPSA) is 65.0 Å². The van der Waals surface area contributed by atoms with Crippen LogP contribution in [0.15, 0.2) is 23.5 Å². The van der Waals surface area contributed by atoms with Gasteiger partial charge in [0.2, 0.25) is 0 Å². The van der Waals surface area contributed by atoms with Crippen molar-refractivity contribution in [2.45, 2.75) is 96.9 Å². The number of rotatable bonds is 11. The van der Waals surface area contributed by atoms with Crippen LogP contribution in [0, 0.1) is 35.5 Å². The van der Waals surface area contributed by atoms with Gasteiger partial charge in [0.05, 0.1) is 19.0 Å². The standard InChI is InChI=1S/C28H42O5/c1-4-5-10-20(2)14-15-24(29)28-23-18-21(11-6-7-12-26(30)31-3)17-22(23)19-25(28)33-27-13-8-9-16-32-27/h15,17,20,22-23,25,27-29H,6-14,16,18-19H2,1-3H3/t20?,22-,23-,25-,27?,28+/m1/s1. The lowest BCUT2D eigenvalue weighted by molar-refractivity contribution is -0.195. The number of carbonyl (C=O) groups is 1. The molecule has 0 amide bonds. The second kappa shape index (κ2) is 13.2. The molecule has 1 aliphatic heterocycles. The highest BCUT2D eigenvalue weighted by Gasteiger charge is 2.48. The van der Waals surface area contributed by atoms with E-state index in [9.17, 15) is 9.90 Å². The molecule has 3 rings (SSSR count). The smallest absolute Gasteiger partial charge is 0.305 e. The first-order chi connectivity index (χ1) is 16.0. The number of methoxy groups -OCH3 is 1. The van der Waals surface area contributed by atoms with E-state index in [1.807, 2.05) is 13.0 Å². The van der Waals surface area contributed by atoms with E-state index in [4.69, 9.17) is 14.2 Å². The maximum absolute atomic E-state index is 11.4. The highest BCUT2D eigenvalue weighted by Crippen LogP contribution is 2.51. The van der Waals surface area contributed by atoms with Crippen LogP contribution < -0.4 is 0 Å². The Labute approximate surface area is 199 Å². The number of hydrogen-bond acceptors (Lipinski definition) is 5. The fourth-order valence-corrected chi connectivity index (χ4v) is 5.57. The molecule has 0 aromatic carbocycles. The molecule has 184 valence electrons. The van der Waals surface area contributed by atoms with Gasteiger partial charge in [-0.1, -0.05) is 18.6 Å². The zero-order valence-corrected chi connectivity index (χ0v) is 20.7. The SMILES string of the molecule is CC#CCC(C)CC=C(O)[C@@H]1[C@@H]2CC(CCCCC(=O)OC)=C[C@@H]2C[C@H]1OC1CCCCO1. The Kier molecular flexibility index (Phi) is 10.3. The Morgan fingerprint density at radius 2 is 2.21 bits per heavy atom. The third-order valence-electron chi connectivity index (χ3n) is 7.38. The van der Waals surface area contributed by atoms with E-state index in [2.05, 4.69) is 24.8 Å². The highest BCUT2D eigenvalue weighted by molar-refractivity contribution is 5.68.